The molecule has 1 amide bonds. The topological polar surface area (TPSA) is 81.4 Å². The Morgan fingerprint density at radius 1 is 1.25 bits per heavy atom. The molecule has 5 heteroatoms. The van der Waals surface area contributed by atoms with Crippen molar-refractivity contribution in [1.29, 1.82) is 0 Å². The van der Waals surface area contributed by atoms with Gasteiger partial charge in [-0.2, -0.15) is 0 Å². The van der Waals surface area contributed by atoms with Crippen molar-refractivity contribution in [3.63, 3.8) is 0 Å². The van der Waals surface area contributed by atoms with Crippen molar-refractivity contribution in [3.05, 3.63) is 0 Å². The zero-order chi connectivity index (χ0) is 14.6. The second-order valence-electron chi connectivity index (χ2n) is 6.26. The Morgan fingerprint density at radius 2 is 1.90 bits per heavy atom. The zero-order valence-corrected chi connectivity index (χ0v) is 12.3. The largest absolute Gasteiger partial charge is 0.466 e. The molecule has 0 aliphatic heterocycles. The van der Waals surface area contributed by atoms with Gasteiger partial charge in [0.25, 0.3) is 0 Å². The number of rotatable bonds is 5. The quantitative estimate of drug-likeness (QED) is 0.749. The first-order valence-electron chi connectivity index (χ1n) is 7.77. The van der Waals surface area contributed by atoms with E-state index >= 15 is 0 Å². The Labute approximate surface area is 120 Å². The van der Waals surface area contributed by atoms with Crippen LogP contribution >= 0.6 is 0 Å². The fourth-order valence-corrected chi connectivity index (χ4v) is 3.14. The highest BCUT2D eigenvalue weighted by atomic mass is 16.5. The van der Waals surface area contributed by atoms with Gasteiger partial charge in [0.1, 0.15) is 0 Å². The maximum absolute atomic E-state index is 12.0. The normalized spacial score (nSPS) is 28.3. The molecule has 0 heterocycles. The number of amides is 1. The molecule has 0 aromatic heterocycles. The van der Waals surface area contributed by atoms with Gasteiger partial charge < -0.3 is 15.8 Å². The standard InChI is InChI=1S/C15H26N2O3/c1-2-20-14(19)11-4-6-12(7-5-11)17-13(18)10-15(16)8-3-9-15/h11-12H,2-10,16H2,1H3,(H,17,18). The molecule has 0 aromatic rings. The van der Waals surface area contributed by atoms with Gasteiger partial charge in [0.05, 0.1) is 12.5 Å². The summed E-state index contributed by atoms with van der Waals surface area (Å²) in [6, 6.07) is 0.192. The number of carbonyl (C=O) groups excluding carboxylic acids is 2. The van der Waals surface area contributed by atoms with E-state index in [1.54, 1.807) is 0 Å². The van der Waals surface area contributed by atoms with Gasteiger partial charge in [-0.15, -0.1) is 0 Å². The average Bonchev–Trinajstić information content (AvgIpc) is 2.38. The minimum Gasteiger partial charge on any atom is -0.466 e. The summed E-state index contributed by atoms with van der Waals surface area (Å²) in [6.07, 6.45) is 6.79. The Morgan fingerprint density at radius 3 is 2.40 bits per heavy atom. The Hall–Kier alpha value is -1.10. The van der Waals surface area contributed by atoms with E-state index in [0.29, 0.717) is 13.0 Å². The first kappa shape index (κ1) is 15.3. The van der Waals surface area contributed by atoms with Gasteiger partial charge in [-0.3, -0.25) is 9.59 Å². The third kappa shape index (κ3) is 3.95. The molecule has 20 heavy (non-hydrogen) atoms. The van der Waals surface area contributed by atoms with Gasteiger partial charge in [-0.25, -0.2) is 0 Å². The monoisotopic (exact) mass is 282 g/mol. The van der Waals surface area contributed by atoms with E-state index in [1.165, 1.54) is 0 Å². The summed E-state index contributed by atoms with van der Waals surface area (Å²) in [7, 11) is 0. The molecule has 2 saturated carbocycles. The van der Waals surface area contributed by atoms with E-state index in [9.17, 15) is 9.59 Å². The first-order valence-corrected chi connectivity index (χ1v) is 7.77. The Bertz CT molecular complexity index is 358. The third-order valence-corrected chi connectivity index (χ3v) is 4.57. The lowest BCUT2D eigenvalue weighted by Crippen LogP contribution is -2.51. The lowest BCUT2D eigenvalue weighted by Gasteiger charge is -2.38. The van der Waals surface area contributed by atoms with Gasteiger partial charge in [0, 0.05) is 18.0 Å². The van der Waals surface area contributed by atoms with Gasteiger partial charge in [0.2, 0.25) is 5.91 Å². The molecule has 2 aliphatic carbocycles. The maximum Gasteiger partial charge on any atom is 0.308 e. The molecule has 0 bridgehead atoms. The smallest absolute Gasteiger partial charge is 0.308 e. The summed E-state index contributed by atoms with van der Waals surface area (Å²) in [5.41, 5.74) is 5.82. The predicted molar refractivity (Wildman–Crippen MR) is 75.9 cm³/mol. The summed E-state index contributed by atoms with van der Waals surface area (Å²) >= 11 is 0. The van der Waals surface area contributed by atoms with Crippen LogP contribution in [0.25, 0.3) is 0 Å². The van der Waals surface area contributed by atoms with Gasteiger partial charge in [0.15, 0.2) is 0 Å². The summed E-state index contributed by atoms with van der Waals surface area (Å²) < 4.78 is 5.04. The van der Waals surface area contributed by atoms with Crippen molar-refractivity contribution in [2.24, 2.45) is 11.7 Å². The number of carbonyl (C=O) groups is 2. The number of esters is 1. The van der Waals surface area contributed by atoms with E-state index in [-0.39, 0.29) is 29.4 Å². The predicted octanol–water partition coefficient (Wildman–Crippen LogP) is 1.50. The average molecular weight is 282 g/mol. The highest BCUT2D eigenvalue weighted by Crippen LogP contribution is 2.32. The fourth-order valence-electron chi connectivity index (χ4n) is 3.14. The van der Waals surface area contributed by atoms with Crippen LogP contribution in [0.3, 0.4) is 0 Å². The molecule has 0 spiro atoms. The SMILES string of the molecule is CCOC(=O)C1CCC(NC(=O)CC2(N)CCC2)CC1. The molecule has 3 N–H and O–H groups in total. The van der Waals surface area contributed by atoms with Crippen LogP contribution in [0, 0.1) is 5.92 Å². The Balaban J connectivity index is 1.68. The van der Waals surface area contributed by atoms with Crippen molar-refractivity contribution in [2.75, 3.05) is 6.61 Å². The van der Waals surface area contributed by atoms with Gasteiger partial charge in [-0.05, 0) is 51.9 Å². The van der Waals surface area contributed by atoms with Crippen LogP contribution in [0.5, 0.6) is 0 Å². The maximum atomic E-state index is 12.0. The van der Waals surface area contributed by atoms with Gasteiger partial charge in [-0.1, -0.05) is 0 Å². The molecule has 114 valence electrons. The Kier molecular flexibility index (Phi) is 5.02. The van der Waals surface area contributed by atoms with E-state index in [0.717, 1.165) is 44.9 Å². The fraction of sp³-hybridized carbons (Fsp3) is 0.867. The zero-order valence-electron chi connectivity index (χ0n) is 12.3. The molecule has 2 fully saturated rings. The highest BCUT2D eigenvalue weighted by Gasteiger charge is 2.35. The molecule has 2 aliphatic rings. The van der Waals surface area contributed by atoms with Crippen molar-refractivity contribution >= 4 is 11.9 Å². The molecule has 0 radical (unpaired) electrons. The van der Waals surface area contributed by atoms with E-state index in [2.05, 4.69) is 5.32 Å². The van der Waals surface area contributed by atoms with Crippen LogP contribution in [0.4, 0.5) is 0 Å². The number of hydrogen-bond acceptors (Lipinski definition) is 4. The number of nitrogens with one attached hydrogen (secondary N) is 1. The molecule has 0 aromatic carbocycles. The molecular weight excluding hydrogens is 256 g/mol. The van der Waals surface area contributed by atoms with Crippen molar-refractivity contribution in [2.45, 2.75) is 69.9 Å². The second kappa shape index (κ2) is 6.57. The summed E-state index contributed by atoms with van der Waals surface area (Å²) in [6.45, 7) is 2.26. The lowest BCUT2D eigenvalue weighted by molar-refractivity contribution is -0.149. The van der Waals surface area contributed by atoms with Crippen molar-refractivity contribution in [3.8, 4) is 0 Å². The minimum absolute atomic E-state index is 0.00980. The molecule has 2 rings (SSSR count). The summed E-state index contributed by atoms with van der Waals surface area (Å²) in [5, 5.41) is 3.06. The van der Waals surface area contributed by atoms with Crippen molar-refractivity contribution < 1.29 is 14.3 Å². The second-order valence-corrected chi connectivity index (χ2v) is 6.26. The van der Waals surface area contributed by atoms with Crippen molar-refractivity contribution in [1.82, 2.24) is 5.32 Å². The molecule has 5 nitrogen and oxygen atoms in total. The van der Waals surface area contributed by atoms with Gasteiger partial charge >= 0.3 is 5.97 Å². The van der Waals surface area contributed by atoms with Crippen LogP contribution in [0.1, 0.15) is 58.3 Å². The minimum atomic E-state index is -0.258. The van der Waals surface area contributed by atoms with E-state index in [1.807, 2.05) is 6.92 Å². The lowest BCUT2D eigenvalue weighted by atomic mass is 9.75. The van der Waals surface area contributed by atoms with Crippen LogP contribution < -0.4 is 11.1 Å². The summed E-state index contributed by atoms with van der Waals surface area (Å²) in [5.74, 6) is -0.0185. The molecule has 0 saturated heterocycles. The molecule has 0 unspecified atom stereocenters. The van der Waals surface area contributed by atoms with Crippen LogP contribution in [0.2, 0.25) is 0 Å². The van der Waals surface area contributed by atoms with Crippen LogP contribution in [-0.4, -0.2) is 30.1 Å². The van der Waals surface area contributed by atoms with Crippen LogP contribution in [-0.2, 0) is 14.3 Å². The molecular formula is C15H26N2O3. The van der Waals surface area contributed by atoms with E-state index in [4.69, 9.17) is 10.5 Å². The number of ether oxygens (including phenoxy) is 1. The highest BCUT2D eigenvalue weighted by molar-refractivity contribution is 5.78. The number of nitrogens with two attached hydrogens (primary N) is 1. The van der Waals surface area contributed by atoms with E-state index < -0.39 is 0 Å². The summed E-state index contributed by atoms with van der Waals surface area (Å²) in [4.78, 5) is 23.6. The van der Waals surface area contributed by atoms with Crippen LogP contribution in [0.15, 0.2) is 0 Å². The third-order valence-electron chi connectivity index (χ3n) is 4.57. The number of hydrogen-bond donors (Lipinski definition) is 2. The molecule has 0 atom stereocenters. The first-order chi connectivity index (χ1) is 9.52.